The molecule has 3 nitrogen and oxygen atoms in total. The number of amides is 1. The Morgan fingerprint density at radius 1 is 1.62 bits per heavy atom. The maximum absolute atomic E-state index is 11.2. The zero-order valence-electron chi connectivity index (χ0n) is 7.56. The van der Waals surface area contributed by atoms with E-state index in [1.165, 1.54) is 0 Å². The van der Waals surface area contributed by atoms with Gasteiger partial charge in [-0.1, -0.05) is 6.07 Å². The molecule has 1 aromatic heterocycles. The number of ether oxygens (including phenoxy) is 1. The van der Waals surface area contributed by atoms with E-state index in [0.29, 0.717) is 0 Å². The SMILES string of the molecule is CC1C(c2cccs2)OC(=O)N1C. The summed E-state index contributed by atoms with van der Waals surface area (Å²) < 4.78 is 5.23. The van der Waals surface area contributed by atoms with E-state index in [1.54, 1.807) is 23.3 Å². The standard InChI is InChI=1S/C9H11NO2S/c1-6-8(7-4-3-5-13-7)12-9(11)10(6)2/h3-6,8H,1-2H3. The molecule has 1 aliphatic heterocycles. The lowest BCUT2D eigenvalue weighted by atomic mass is 10.1. The average molecular weight is 197 g/mol. The van der Waals surface area contributed by atoms with Crippen LogP contribution in [0.1, 0.15) is 17.9 Å². The molecule has 2 unspecified atom stereocenters. The van der Waals surface area contributed by atoms with Gasteiger partial charge in [0, 0.05) is 11.9 Å². The lowest BCUT2D eigenvalue weighted by molar-refractivity contribution is 0.133. The highest BCUT2D eigenvalue weighted by Crippen LogP contribution is 2.33. The molecule has 0 spiro atoms. The van der Waals surface area contributed by atoms with Gasteiger partial charge in [0.05, 0.1) is 6.04 Å². The molecule has 0 radical (unpaired) electrons. The fraction of sp³-hybridized carbons (Fsp3) is 0.444. The minimum atomic E-state index is -0.231. The van der Waals surface area contributed by atoms with E-state index in [9.17, 15) is 4.79 Å². The van der Waals surface area contributed by atoms with Gasteiger partial charge in [0.15, 0.2) is 6.10 Å². The van der Waals surface area contributed by atoms with E-state index >= 15 is 0 Å². The second-order valence-corrected chi connectivity index (χ2v) is 4.15. The number of carbonyl (C=O) groups excluding carboxylic acids is 1. The Balaban J connectivity index is 2.23. The largest absolute Gasteiger partial charge is 0.438 e. The first-order chi connectivity index (χ1) is 6.20. The second-order valence-electron chi connectivity index (χ2n) is 3.17. The fourth-order valence-corrected chi connectivity index (χ4v) is 2.26. The number of hydrogen-bond acceptors (Lipinski definition) is 3. The van der Waals surface area contributed by atoms with Crippen molar-refractivity contribution in [3.63, 3.8) is 0 Å². The number of carbonyl (C=O) groups is 1. The Hall–Kier alpha value is -1.03. The Kier molecular flexibility index (Phi) is 2.00. The summed E-state index contributed by atoms with van der Waals surface area (Å²) in [4.78, 5) is 13.9. The van der Waals surface area contributed by atoms with Gasteiger partial charge in [0.2, 0.25) is 0 Å². The highest BCUT2D eigenvalue weighted by molar-refractivity contribution is 7.10. The third-order valence-corrected chi connectivity index (χ3v) is 3.32. The molecule has 4 heteroatoms. The molecule has 0 bridgehead atoms. The monoisotopic (exact) mass is 197 g/mol. The number of hydrogen-bond donors (Lipinski definition) is 0. The van der Waals surface area contributed by atoms with E-state index in [2.05, 4.69) is 0 Å². The van der Waals surface area contributed by atoms with Crippen molar-refractivity contribution in [1.29, 1.82) is 0 Å². The number of nitrogens with zero attached hydrogens (tertiary/aromatic N) is 1. The topological polar surface area (TPSA) is 29.5 Å². The summed E-state index contributed by atoms with van der Waals surface area (Å²) in [6, 6.07) is 4.10. The summed E-state index contributed by atoms with van der Waals surface area (Å²) in [6.07, 6.45) is -0.316. The third kappa shape index (κ3) is 1.31. The zero-order valence-corrected chi connectivity index (χ0v) is 8.38. The van der Waals surface area contributed by atoms with Crippen LogP contribution >= 0.6 is 11.3 Å². The normalized spacial score (nSPS) is 27.8. The van der Waals surface area contributed by atoms with Crippen molar-refractivity contribution in [1.82, 2.24) is 4.90 Å². The smallest absolute Gasteiger partial charge is 0.410 e. The minimum Gasteiger partial charge on any atom is -0.438 e. The summed E-state index contributed by atoms with van der Waals surface area (Å²) in [5, 5.41) is 1.99. The van der Waals surface area contributed by atoms with Gasteiger partial charge < -0.3 is 9.64 Å². The van der Waals surface area contributed by atoms with Crippen molar-refractivity contribution in [2.45, 2.75) is 19.1 Å². The highest BCUT2D eigenvalue weighted by Gasteiger charge is 2.37. The molecule has 2 atom stereocenters. The van der Waals surface area contributed by atoms with Gasteiger partial charge in [0.1, 0.15) is 0 Å². The molecule has 0 aromatic carbocycles. The van der Waals surface area contributed by atoms with Crippen LogP contribution in [0.4, 0.5) is 4.79 Å². The van der Waals surface area contributed by atoms with Crippen LogP contribution in [0.2, 0.25) is 0 Å². The molecular weight excluding hydrogens is 186 g/mol. The van der Waals surface area contributed by atoms with Crippen molar-refractivity contribution < 1.29 is 9.53 Å². The first kappa shape index (κ1) is 8.56. The van der Waals surface area contributed by atoms with Crippen LogP contribution in [0.5, 0.6) is 0 Å². The van der Waals surface area contributed by atoms with E-state index < -0.39 is 0 Å². The molecule has 2 rings (SSSR count). The van der Waals surface area contributed by atoms with E-state index in [-0.39, 0.29) is 18.2 Å². The molecule has 70 valence electrons. The highest BCUT2D eigenvalue weighted by atomic mass is 32.1. The van der Waals surface area contributed by atoms with Crippen molar-refractivity contribution >= 4 is 17.4 Å². The van der Waals surface area contributed by atoms with Crippen molar-refractivity contribution in [2.24, 2.45) is 0 Å². The van der Waals surface area contributed by atoms with Crippen LogP contribution in [0.3, 0.4) is 0 Å². The molecule has 0 aliphatic carbocycles. The van der Waals surface area contributed by atoms with Gasteiger partial charge in [-0.05, 0) is 18.4 Å². The summed E-state index contributed by atoms with van der Waals surface area (Å²) in [5.41, 5.74) is 0. The Morgan fingerprint density at radius 2 is 2.38 bits per heavy atom. The van der Waals surface area contributed by atoms with Crippen molar-refractivity contribution in [3.05, 3.63) is 22.4 Å². The molecule has 0 N–H and O–H groups in total. The molecule has 2 heterocycles. The number of cyclic esters (lactones) is 1. The molecule has 1 saturated heterocycles. The number of rotatable bonds is 1. The van der Waals surface area contributed by atoms with Gasteiger partial charge in [-0.25, -0.2) is 4.79 Å². The van der Waals surface area contributed by atoms with Gasteiger partial charge in [-0.2, -0.15) is 0 Å². The minimum absolute atomic E-state index is 0.0856. The molecule has 0 saturated carbocycles. The fourth-order valence-electron chi connectivity index (χ4n) is 1.41. The lowest BCUT2D eigenvalue weighted by Crippen LogP contribution is -2.27. The van der Waals surface area contributed by atoms with Crippen LogP contribution < -0.4 is 0 Å². The first-order valence-corrected chi connectivity index (χ1v) is 5.05. The third-order valence-electron chi connectivity index (χ3n) is 2.39. The van der Waals surface area contributed by atoms with E-state index in [0.717, 1.165) is 4.88 Å². The first-order valence-electron chi connectivity index (χ1n) is 4.17. The summed E-state index contributed by atoms with van der Waals surface area (Å²) in [7, 11) is 1.76. The van der Waals surface area contributed by atoms with Gasteiger partial charge in [0.25, 0.3) is 0 Å². The maximum Gasteiger partial charge on any atom is 0.410 e. The van der Waals surface area contributed by atoms with Crippen LogP contribution in [0.15, 0.2) is 17.5 Å². The van der Waals surface area contributed by atoms with Crippen LogP contribution in [-0.4, -0.2) is 24.1 Å². The quantitative estimate of drug-likeness (QED) is 0.691. The van der Waals surface area contributed by atoms with Crippen molar-refractivity contribution in [3.8, 4) is 0 Å². The van der Waals surface area contributed by atoms with Crippen LogP contribution in [0, 0.1) is 0 Å². The molecular formula is C9H11NO2S. The summed E-state index contributed by atoms with van der Waals surface area (Å²) in [5.74, 6) is 0. The van der Waals surface area contributed by atoms with Crippen molar-refractivity contribution in [2.75, 3.05) is 7.05 Å². The Morgan fingerprint density at radius 3 is 2.85 bits per heavy atom. The second kappa shape index (κ2) is 3.03. The molecule has 1 aliphatic rings. The predicted octanol–water partition coefficient (Wildman–Crippen LogP) is 2.26. The molecule has 1 aromatic rings. The maximum atomic E-state index is 11.2. The summed E-state index contributed by atoms with van der Waals surface area (Å²) in [6.45, 7) is 2.00. The van der Waals surface area contributed by atoms with E-state index in [4.69, 9.17) is 4.74 Å². The Bertz CT molecular complexity index is 309. The van der Waals surface area contributed by atoms with Gasteiger partial charge in [-0.3, -0.25) is 0 Å². The average Bonchev–Trinajstić information content (AvgIpc) is 2.70. The van der Waals surface area contributed by atoms with Crippen LogP contribution in [0.25, 0.3) is 0 Å². The molecule has 1 amide bonds. The number of thiophene rings is 1. The van der Waals surface area contributed by atoms with Gasteiger partial charge >= 0.3 is 6.09 Å². The Labute approximate surface area is 80.9 Å². The van der Waals surface area contributed by atoms with Gasteiger partial charge in [-0.15, -0.1) is 11.3 Å². The predicted molar refractivity (Wildman–Crippen MR) is 50.8 cm³/mol. The molecule has 1 fully saturated rings. The van der Waals surface area contributed by atoms with Crippen LogP contribution in [-0.2, 0) is 4.74 Å². The number of likely N-dealkylation sites (N-methyl/N-ethyl adjacent to an activating group) is 1. The zero-order chi connectivity index (χ0) is 9.42. The van der Waals surface area contributed by atoms with E-state index in [1.807, 2.05) is 24.4 Å². The summed E-state index contributed by atoms with van der Waals surface area (Å²) >= 11 is 1.62. The lowest BCUT2D eigenvalue weighted by Gasteiger charge is -2.14. The molecule has 13 heavy (non-hydrogen) atoms.